The molecule has 0 aliphatic rings. The van der Waals surface area contributed by atoms with Gasteiger partial charge in [0.25, 0.3) is 0 Å². The molecule has 1 heterocycles. The SMILES string of the molecule is CC(C)(C#N)CCCOc1cccc2cccnc12. The first-order valence-corrected chi connectivity index (χ1v) is 6.50. The molecule has 0 aliphatic carbocycles. The molecule has 2 rings (SSSR count). The van der Waals surface area contributed by atoms with Crippen LogP contribution < -0.4 is 4.74 Å². The van der Waals surface area contributed by atoms with Crippen LogP contribution in [0.3, 0.4) is 0 Å². The van der Waals surface area contributed by atoms with Crippen LogP contribution in [0.5, 0.6) is 5.75 Å². The first-order valence-electron chi connectivity index (χ1n) is 6.50. The zero-order valence-corrected chi connectivity index (χ0v) is 11.4. The van der Waals surface area contributed by atoms with Crippen LogP contribution in [0.25, 0.3) is 10.9 Å². The summed E-state index contributed by atoms with van der Waals surface area (Å²) in [6.07, 6.45) is 3.47. The van der Waals surface area contributed by atoms with E-state index in [0.29, 0.717) is 6.61 Å². The summed E-state index contributed by atoms with van der Waals surface area (Å²) < 4.78 is 5.79. The number of hydrogen-bond acceptors (Lipinski definition) is 3. The van der Waals surface area contributed by atoms with Crippen molar-refractivity contribution in [3.05, 3.63) is 36.5 Å². The number of para-hydroxylation sites is 1. The molecule has 0 fully saturated rings. The quantitative estimate of drug-likeness (QED) is 0.759. The van der Waals surface area contributed by atoms with Crippen LogP contribution in [0.1, 0.15) is 26.7 Å². The molecule has 0 spiro atoms. The normalized spacial score (nSPS) is 11.2. The van der Waals surface area contributed by atoms with Crippen LogP contribution >= 0.6 is 0 Å². The second kappa shape index (κ2) is 5.71. The van der Waals surface area contributed by atoms with Crippen molar-refractivity contribution in [1.82, 2.24) is 4.98 Å². The third-order valence-corrected chi connectivity index (χ3v) is 3.10. The molecule has 1 aromatic heterocycles. The van der Waals surface area contributed by atoms with E-state index in [1.54, 1.807) is 6.20 Å². The highest BCUT2D eigenvalue weighted by Gasteiger charge is 2.15. The first-order chi connectivity index (χ1) is 9.12. The summed E-state index contributed by atoms with van der Waals surface area (Å²) in [5.41, 5.74) is 0.616. The Bertz CT molecular complexity index is 594. The Morgan fingerprint density at radius 2 is 2.05 bits per heavy atom. The van der Waals surface area contributed by atoms with Crippen molar-refractivity contribution in [3.63, 3.8) is 0 Å². The van der Waals surface area contributed by atoms with Crippen LogP contribution in [0.15, 0.2) is 36.5 Å². The lowest BCUT2D eigenvalue weighted by molar-refractivity contribution is 0.286. The van der Waals surface area contributed by atoms with Crippen molar-refractivity contribution in [1.29, 1.82) is 5.26 Å². The van der Waals surface area contributed by atoms with Gasteiger partial charge >= 0.3 is 0 Å². The second-order valence-corrected chi connectivity index (χ2v) is 5.28. The number of rotatable bonds is 5. The highest BCUT2D eigenvalue weighted by molar-refractivity contribution is 5.84. The van der Waals surface area contributed by atoms with Crippen LogP contribution in [0.2, 0.25) is 0 Å². The summed E-state index contributed by atoms with van der Waals surface area (Å²) in [7, 11) is 0. The van der Waals surface area contributed by atoms with Crippen molar-refractivity contribution in [2.24, 2.45) is 5.41 Å². The van der Waals surface area contributed by atoms with E-state index in [9.17, 15) is 0 Å². The molecule has 0 unspecified atom stereocenters. The van der Waals surface area contributed by atoms with Crippen molar-refractivity contribution in [2.45, 2.75) is 26.7 Å². The summed E-state index contributed by atoms with van der Waals surface area (Å²) in [5, 5.41) is 10.0. The molecule has 0 bridgehead atoms. The molecule has 0 atom stereocenters. The summed E-state index contributed by atoms with van der Waals surface area (Å²) in [6, 6.07) is 12.2. The van der Waals surface area contributed by atoms with Gasteiger partial charge in [0.15, 0.2) is 0 Å². The number of nitriles is 1. The first kappa shape index (κ1) is 13.4. The van der Waals surface area contributed by atoms with Gasteiger partial charge in [0, 0.05) is 11.6 Å². The van der Waals surface area contributed by atoms with Gasteiger partial charge in [0.05, 0.1) is 18.1 Å². The van der Waals surface area contributed by atoms with E-state index in [0.717, 1.165) is 29.5 Å². The minimum absolute atomic E-state index is 0.277. The highest BCUT2D eigenvalue weighted by atomic mass is 16.5. The van der Waals surface area contributed by atoms with Gasteiger partial charge in [-0.2, -0.15) is 5.26 Å². The third-order valence-electron chi connectivity index (χ3n) is 3.10. The Morgan fingerprint density at radius 3 is 2.84 bits per heavy atom. The molecular weight excluding hydrogens is 236 g/mol. The number of benzene rings is 1. The van der Waals surface area contributed by atoms with E-state index in [1.807, 2.05) is 44.2 Å². The Kier molecular flexibility index (Phi) is 4.01. The fourth-order valence-corrected chi connectivity index (χ4v) is 1.94. The topological polar surface area (TPSA) is 45.9 Å². The van der Waals surface area contributed by atoms with Gasteiger partial charge < -0.3 is 4.74 Å². The average Bonchev–Trinajstić information content (AvgIpc) is 2.44. The smallest absolute Gasteiger partial charge is 0.145 e. The predicted octanol–water partition coefficient (Wildman–Crippen LogP) is 3.94. The van der Waals surface area contributed by atoms with Crippen molar-refractivity contribution >= 4 is 10.9 Å². The Morgan fingerprint density at radius 1 is 1.26 bits per heavy atom. The Balaban J connectivity index is 1.98. The second-order valence-electron chi connectivity index (χ2n) is 5.28. The molecule has 3 heteroatoms. The summed E-state index contributed by atoms with van der Waals surface area (Å²) in [6.45, 7) is 4.51. The lowest BCUT2D eigenvalue weighted by Gasteiger charge is -2.15. The molecule has 98 valence electrons. The molecule has 3 nitrogen and oxygen atoms in total. The standard InChI is InChI=1S/C16H18N2O/c1-16(2,12-17)9-5-11-19-14-8-3-6-13-7-4-10-18-15(13)14/h3-4,6-8,10H,5,9,11H2,1-2H3. The summed E-state index contributed by atoms with van der Waals surface area (Å²) >= 11 is 0. The summed E-state index contributed by atoms with van der Waals surface area (Å²) in [5.74, 6) is 0.813. The zero-order valence-electron chi connectivity index (χ0n) is 11.4. The van der Waals surface area contributed by atoms with Gasteiger partial charge in [-0.1, -0.05) is 18.2 Å². The van der Waals surface area contributed by atoms with Gasteiger partial charge in [0.1, 0.15) is 11.3 Å². The molecule has 0 aliphatic heterocycles. The van der Waals surface area contributed by atoms with Crippen LogP contribution in [-0.2, 0) is 0 Å². The van der Waals surface area contributed by atoms with E-state index in [-0.39, 0.29) is 5.41 Å². The van der Waals surface area contributed by atoms with E-state index in [1.165, 1.54) is 0 Å². The number of nitrogens with zero attached hydrogens (tertiary/aromatic N) is 2. The zero-order chi connectivity index (χ0) is 13.7. The van der Waals surface area contributed by atoms with Gasteiger partial charge in [0.2, 0.25) is 0 Å². The fourth-order valence-electron chi connectivity index (χ4n) is 1.94. The lowest BCUT2D eigenvalue weighted by atomic mass is 9.90. The maximum absolute atomic E-state index is 8.95. The minimum Gasteiger partial charge on any atom is -0.491 e. The maximum Gasteiger partial charge on any atom is 0.145 e. The van der Waals surface area contributed by atoms with E-state index < -0.39 is 0 Å². The van der Waals surface area contributed by atoms with Crippen LogP contribution in [0.4, 0.5) is 0 Å². The molecule has 0 saturated heterocycles. The third kappa shape index (κ3) is 3.45. The van der Waals surface area contributed by atoms with E-state index in [4.69, 9.17) is 10.00 Å². The van der Waals surface area contributed by atoms with Crippen molar-refractivity contribution in [2.75, 3.05) is 6.61 Å². The van der Waals surface area contributed by atoms with E-state index >= 15 is 0 Å². The maximum atomic E-state index is 8.95. The molecular formula is C16H18N2O. The Labute approximate surface area is 113 Å². The van der Waals surface area contributed by atoms with Gasteiger partial charge in [-0.3, -0.25) is 4.98 Å². The Hall–Kier alpha value is -2.08. The van der Waals surface area contributed by atoms with Crippen LogP contribution in [0, 0.1) is 16.7 Å². The van der Waals surface area contributed by atoms with Gasteiger partial charge in [-0.15, -0.1) is 0 Å². The average molecular weight is 254 g/mol. The molecule has 1 aromatic carbocycles. The molecule has 0 radical (unpaired) electrons. The van der Waals surface area contributed by atoms with Crippen LogP contribution in [-0.4, -0.2) is 11.6 Å². The fraction of sp³-hybridized carbons (Fsp3) is 0.375. The van der Waals surface area contributed by atoms with Gasteiger partial charge in [-0.05, 0) is 38.8 Å². The van der Waals surface area contributed by atoms with Gasteiger partial charge in [-0.25, -0.2) is 0 Å². The van der Waals surface area contributed by atoms with E-state index in [2.05, 4.69) is 11.1 Å². The number of ether oxygens (including phenoxy) is 1. The number of fused-ring (bicyclic) bond motifs is 1. The number of aromatic nitrogens is 1. The van der Waals surface area contributed by atoms with Crippen molar-refractivity contribution in [3.8, 4) is 11.8 Å². The molecule has 19 heavy (non-hydrogen) atoms. The molecule has 2 aromatic rings. The lowest BCUT2D eigenvalue weighted by Crippen LogP contribution is -2.10. The van der Waals surface area contributed by atoms with Crippen molar-refractivity contribution < 1.29 is 4.74 Å². The summed E-state index contributed by atoms with van der Waals surface area (Å²) in [4.78, 5) is 4.35. The largest absolute Gasteiger partial charge is 0.491 e. The molecule has 0 saturated carbocycles. The molecule has 0 amide bonds. The monoisotopic (exact) mass is 254 g/mol. The minimum atomic E-state index is -0.277. The predicted molar refractivity (Wildman–Crippen MR) is 75.9 cm³/mol. The molecule has 0 N–H and O–H groups in total. The highest BCUT2D eigenvalue weighted by Crippen LogP contribution is 2.24. The number of pyridine rings is 1. The number of hydrogen-bond donors (Lipinski definition) is 0.